The van der Waals surface area contributed by atoms with Crippen molar-refractivity contribution in [2.75, 3.05) is 7.11 Å². The molecule has 1 N–H and O–H groups in total. The van der Waals surface area contributed by atoms with E-state index in [2.05, 4.69) is 15.5 Å². The maximum Gasteiger partial charge on any atom is 0.335 e. The summed E-state index contributed by atoms with van der Waals surface area (Å²) in [7, 11) is 1.49. The number of hydrogen-bond acceptors (Lipinski definition) is 6. The number of carboxylic acids is 1. The zero-order chi connectivity index (χ0) is 15.2. The Hall–Kier alpha value is -2.64. The topological polar surface area (TPSA) is 99.4 Å². The molecule has 0 amide bonds. The van der Waals surface area contributed by atoms with Gasteiger partial charge >= 0.3 is 5.97 Å². The third-order valence-electron chi connectivity index (χ3n) is 2.81. The quantitative estimate of drug-likeness (QED) is 0.822. The summed E-state index contributed by atoms with van der Waals surface area (Å²) >= 11 is 0. The number of aromatic nitrogens is 4. The minimum Gasteiger partial charge on any atom is -0.493 e. The van der Waals surface area contributed by atoms with Gasteiger partial charge in [0, 0.05) is 6.54 Å². The van der Waals surface area contributed by atoms with Crippen molar-refractivity contribution < 1.29 is 19.4 Å². The second-order valence-electron chi connectivity index (χ2n) is 4.28. The Morgan fingerprint density at radius 2 is 2.19 bits per heavy atom. The number of carboxylic acid groups (broad SMARTS) is 1. The van der Waals surface area contributed by atoms with Crippen LogP contribution in [-0.2, 0) is 13.2 Å². The van der Waals surface area contributed by atoms with Crippen molar-refractivity contribution in [2.24, 2.45) is 0 Å². The van der Waals surface area contributed by atoms with Crippen LogP contribution in [0.15, 0.2) is 18.2 Å². The van der Waals surface area contributed by atoms with Gasteiger partial charge < -0.3 is 14.6 Å². The molecule has 0 saturated carbocycles. The fourth-order valence-electron chi connectivity index (χ4n) is 1.78. The first-order valence-electron chi connectivity index (χ1n) is 6.45. The smallest absolute Gasteiger partial charge is 0.335 e. The van der Waals surface area contributed by atoms with Crippen LogP contribution in [0.5, 0.6) is 11.5 Å². The van der Waals surface area contributed by atoms with Gasteiger partial charge in [0.1, 0.15) is 6.61 Å². The van der Waals surface area contributed by atoms with Crippen molar-refractivity contribution in [3.05, 3.63) is 29.6 Å². The van der Waals surface area contributed by atoms with Crippen molar-refractivity contribution >= 4 is 5.97 Å². The zero-order valence-corrected chi connectivity index (χ0v) is 11.8. The molecule has 0 aliphatic heterocycles. The van der Waals surface area contributed by atoms with Crippen LogP contribution >= 0.6 is 0 Å². The van der Waals surface area contributed by atoms with E-state index in [9.17, 15) is 4.79 Å². The molecule has 2 rings (SSSR count). The van der Waals surface area contributed by atoms with Gasteiger partial charge in [-0.05, 0) is 35.0 Å². The molecule has 0 spiro atoms. The highest BCUT2D eigenvalue weighted by Crippen LogP contribution is 2.28. The number of tetrazole rings is 1. The number of rotatable bonds is 7. The lowest BCUT2D eigenvalue weighted by Gasteiger charge is -2.11. The van der Waals surface area contributed by atoms with Crippen LogP contribution in [0.25, 0.3) is 0 Å². The number of ether oxygens (including phenoxy) is 2. The molecular formula is C13H16N4O4. The zero-order valence-electron chi connectivity index (χ0n) is 11.8. The maximum absolute atomic E-state index is 11.0. The summed E-state index contributed by atoms with van der Waals surface area (Å²) in [6.07, 6.45) is 0.899. The number of aromatic carboxylic acids is 1. The van der Waals surface area contributed by atoms with E-state index in [1.165, 1.54) is 19.2 Å². The average molecular weight is 292 g/mol. The largest absolute Gasteiger partial charge is 0.493 e. The highest BCUT2D eigenvalue weighted by atomic mass is 16.5. The minimum absolute atomic E-state index is 0.124. The summed E-state index contributed by atoms with van der Waals surface area (Å²) in [5, 5.41) is 20.3. The fourth-order valence-corrected chi connectivity index (χ4v) is 1.78. The van der Waals surface area contributed by atoms with Crippen molar-refractivity contribution in [1.82, 2.24) is 20.2 Å². The molecule has 2 aromatic rings. The summed E-state index contributed by atoms with van der Waals surface area (Å²) in [5.41, 5.74) is 0.124. The minimum atomic E-state index is -1.03. The molecular weight excluding hydrogens is 276 g/mol. The first kappa shape index (κ1) is 14.8. The molecule has 0 unspecified atom stereocenters. The Balaban J connectivity index is 2.16. The average Bonchev–Trinajstić information content (AvgIpc) is 2.92. The van der Waals surface area contributed by atoms with Crippen LogP contribution in [0.4, 0.5) is 0 Å². The van der Waals surface area contributed by atoms with Crippen molar-refractivity contribution in [3.63, 3.8) is 0 Å². The van der Waals surface area contributed by atoms with E-state index in [1.54, 1.807) is 10.7 Å². The molecule has 0 fully saturated rings. The van der Waals surface area contributed by atoms with E-state index in [0.717, 1.165) is 6.42 Å². The third kappa shape index (κ3) is 3.47. The predicted octanol–water partition coefficient (Wildman–Crippen LogP) is 1.37. The summed E-state index contributed by atoms with van der Waals surface area (Å²) in [5.74, 6) is 0.330. The first-order valence-corrected chi connectivity index (χ1v) is 6.45. The standard InChI is InChI=1S/C13H16N4O4/c1-3-6-17-12(14-15-16-17)8-21-11-7-9(13(18)19)4-5-10(11)20-2/h4-5,7H,3,6,8H2,1-2H3,(H,18,19). The van der Waals surface area contributed by atoms with Crippen molar-refractivity contribution in [3.8, 4) is 11.5 Å². The summed E-state index contributed by atoms with van der Waals surface area (Å²) in [6, 6.07) is 4.41. The van der Waals surface area contributed by atoms with Gasteiger partial charge in [0.15, 0.2) is 17.3 Å². The maximum atomic E-state index is 11.0. The lowest BCUT2D eigenvalue weighted by atomic mass is 10.2. The molecule has 0 atom stereocenters. The first-order chi connectivity index (χ1) is 10.2. The highest BCUT2D eigenvalue weighted by molar-refractivity contribution is 5.88. The van der Waals surface area contributed by atoms with Gasteiger partial charge in [-0.25, -0.2) is 9.48 Å². The molecule has 0 aliphatic rings. The summed E-state index contributed by atoms with van der Waals surface area (Å²) in [4.78, 5) is 11.0. The Kier molecular flexibility index (Phi) is 4.70. The summed E-state index contributed by atoms with van der Waals surface area (Å²) in [6.45, 7) is 2.84. The van der Waals surface area contributed by atoms with Gasteiger partial charge in [0.25, 0.3) is 0 Å². The van der Waals surface area contributed by atoms with Crippen molar-refractivity contribution in [1.29, 1.82) is 0 Å². The number of benzene rings is 1. The lowest BCUT2D eigenvalue weighted by Crippen LogP contribution is -2.09. The van der Waals surface area contributed by atoms with E-state index in [0.29, 0.717) is 23.9 Å². The number of hydrogen-bond donors (Lipinski definition) is 1. The lowest BCUT2D eigenvalue weighted by molar-refractivity contribution is 0.0696. The van der Waals surface area contributed by atoms with Gasteiger partial charge in [-0.1, -0.05) is 6.92 Å². The van der Waals surface area contributed by atoms with Crippen LogP contribution in [0.2, 0.25) is 0 Å². The van der Waals surface area contributed by atoms with Gasteiger partial charge in [-0.15, -0.1) is 5.10 Å². The number of carbonyl (C=O) groups is 1. The summed E-state index contributed by atoms with van der Waals surface area (Å²) < 4.78 is 12.4. The molecule has 0 radical (unpaired) electrons. The number of nitrogens with zero attached hydrogens (tertiary/aromatic N) is 4. The molecule has 1 aromatic carbocycles. The third-order valence-corrected chi connectivity index (χ3v) is 2.81. The van der Waals surface area contributed by atoms with E-state index in [-0.39, 0.29) is 12.2 Å². The number of methoxy groups -OCH3 is 1. The van der Waals surface area contributed by atoms with Gasteiger partial charge in [-0.3, -0.25) is 0 Å². The van der Waals surface area contributed by atoms with E-state index in [1.807, 2.05) is 6.92 Å². The molecule has 0 aliphatic carbocycles. The Morgan fingerprint density at radius 3 is 2.86 bits per heavy atom. The van der Waals surface area contributed by atoms with Crippen LogP contribution < -0.4 is 9.47 Å². The SMILES string of the molecule is CCCn1nnnc1COc1cc(C(=O)O)ccc1OC. The van der Waals surface area contributed by atoms with Crippen LogP contribution in [0.1, 0.15) is 29.5 Å². The predicted molar refractivity (Wildman–Crippen MR) is 72.4 cm³/mol. The molecule has 1 aromatic heterocycles. The van der Waals surface area contributed by atoms with Gasteiger partial charge in [0.05, 0.1) is 12.7 Å². The van der Waals surface area contributed by atoms with Crippen LogP contribution in [-0.4, -0.2) is 38.4 Å². The molecule has 0 saturated heterocycles. The van der Waals surface area contributed by atoms with E-state index >= 15 is 0 Å². The van der Waals surface area contributed by atoms with E-state index in [4.69, 9.17) is 14.6 Å². The van der Waals surface area contributed by atoms with E-state index < -0.39 is 5.97 Å². The van der Waals surface area contributed by atoms with Crippen LogP contribution in [0, 0.1) is 0 Å². The highest BCUT2D eigenvalue weighted by Gasteiger charge is 2.12. The molecule has 112 valence electrons. The Bertz CT molecular complexity index is 626. The number of aryl methyl sites for hydroxylation is 1. The molecule has 8 heteroatoms. The fraction of sp³-hybridized carbons (Fsp3) is 0.385. The van der Waals surface area contributed by atoms with Gasteiger partial charge in [0.2, 0.25) is 0 Å². The second kappa shape index (κ2) is 6.69. The molecule has 1 heterocycles. The monoisotopic (exact) mass is 292 g/mol. The van der Waals surface area contributed by atoms with Gasteiger partial charge in [-0.2, -0.15) is 0 Å². The second-order valence-corrected chi connectivity index (χ2v) is 4.28. The van der Waals surface area contributed by atoms with Crippen LogP contribution in [0.3, 0.4) is 0 Å². The molecule has 0 bridgehead atoms. The van der Waals surface area contributed by atoms with Crippen molar-refractivity contribution in [2.45, 2.75) is 26.5 Å². The molecule has 21 heavy (non-hydrogen) atoms. The Labute approximate surface area is 121 Å². The normalized spacial score (nSPS) is 10.4. The Morgan fingerprint density at radius 1 is 1.38 bits per heavy atom. The molecule has 8 nitrogen and oxygen atoms in total.